The molecule has 0 rings (SSSR count). The Morgan fingerprint density at radius 2 is 1.67 bits per heavy atom. The molecular formula is C15H34N2O. The third-order valence-electron chi connectivity index (χ3n) is 3.06. The summed E-state index contributed by atoms with van der Waals surface area (Å²) in [5.74, 6) is 0. The largest absolute Gasteiger partial charge is 0.396 e. The summed E-state index contributed by atoms with van der Waals surface area (Å²) >= 11 is 0. The van der Waals surface area contributed by atoms with E-state index in [-0.39, 0.29) is 17.6 Å². The molecule has 0 amide bonds. The summed E-state index contributed by atoms with van der Waals surface area (Å²) in [6.07, 6.45) is 0.862. The Labute approximate surface area is 114 Å². The fraction of sp³-hybridized carbons (Fsp3) is 1.00. The third kappa shape index (κ3) is 8.90. The van der Waals surface area contributed by atoms with Crippen molar-refractivity contribution in [3.05, 3.63) is 0 Å². The van der Waals surface area contributed by atoms with Crippen LogP contribution >= 0.6 is 0 Å². The summed E-state index contributed by atoms with van der Waals surface area (Å²) in [5.41, 5.74) is 0.415. The third-order valence-corrected chi connectivity index (χ3v) is 3.06. The normalized spacial score (nSPS) is 13.7. The Morgan fingerprint density at radius 3 is 2.06 bits per heavy atom. The molecule has 3 nitrogen and oxygen atoms in total. The van der Waals surface area contributed by atoms with Gasteiger partial charge in [0.15, 0.2) is 0 Å². The van der Waals surface area contributed by atoms with Gasteiger partial charge in [0, 0.05) is 37.8 Å². The molecule has 18 heavy (non-hydrogen) atoms. The van der Waals surface area contributed by atoms with E-state index in [1.54, 1.807) is 0 Å². The number of nitrogens with one attached hydrogen (secondary N) is 1. The molecule has 0 aliphatic heterocycles. The van der Waals surface area contributed by atoms with E-state index in [2.05, 4.69) is 58.7 Å². The van der Waals surface area contributed by atoms with E-state index in [9.17, 15) is 0 Å². The Morgan fingerprint density at radius 1 is 1.11 bits per heavy atom. The molecule has 0 aliphatic rings. The Bertz CT molecular complexity index is 219. The van der Waals surface area contributed by atoms with Crippen molar-refractivity contribution in [1.29, 1.82) is 0 Å². The minimum atomic E-state index is 0.172. The maximum atomic E-state index is 8.97. The second-order valence-electron chi connectivity index (χ2n) is 7.41. The van der Waals surface area contributed by atoms with Crippen LogP contribution in [0, 0.1) is 5.41 Å². The van der Waals surface area contributed by atoms with Crippen molar-refractivity contribution in [2.24, 2.45) is 5.41 Å². The molecule has 0 spiro atoms. The monoisotopic (exact) mass is 258 g/mol. The fourth-order valence-electron chi connectivity index (χ4n) is 1.90. The van der Waals surface area contributed by atoms with Gasteiger partial charge in [-0.2, -0.15) is 0 Å². The molecule has 0 saturated heterocycles. The van der Waals surface area contributed by atoms with Crippen molar-refractivity contribution in [3.63, 3.8) is 0 Å². The molecule has 0 heterocycles. The number of nitrogens with zero attached hydrogens (tertiary/aromatic N) is 1. The van der Waals surface area contributed by atoms with E-state index >= 15 is 0 Å². The van der Waals surface area contributed by atoms with Crippen molar-refractivity contribution in [1.82, 2.24) is 10.2 Å². The lowest BCUT2D eigenvalue weighted by Gasteiger charge is -2.37. The second kappa shape index (κ2) is 7.46. The lowest BCUT2D eigenvalue weighted by molar-refractivity contribution is 0.126. The average Bonchev–Trinajstić information content (AvgIpc) is 2.20. The Kier molecular flexibility index (Phi) is 7.41. The average molecular weight is 258 g/mol. The van der Waals surface area contributed by atoms with Crippen LogP contribution in [0.1, 0.15) is 54.9 Å². The van der Waals surface area contributed by atoms with Crippen LogP contribution in [-0.4, -0.2) is 47.8 Å². The first-order chi connectivity index (χ1) is 8.07. The van der Waals surface area contributed by atoms with E-state index < -0.39 is 0 Å². The number of hydrogen-bond donors (Lipinski definition) is 2. The number of rotatable bonds is 8. The first-order valence-corrected chi connectivity index (χ1v) is 7.17. The molecule has 110 valence electrons. The van der Waals surface area contributed by atoms with Crippen molar-refractivity contribution >= 4 is 0 Å². The Balaban J connectivity index is 4.31. The number of hydrogen-bond acceptors (Lipinski definition) is 3. The predicted molar refractivity (Wildman–Crippen MR) is 79.9 cm³/mol. The van der Waals surface area contributed by atoms with Crippen LogP contribution in [0.25, 0.3) is 0 Å². The zero-order valence-electron chi connectivity index (χ0n) is 13.5. The van der Waals surface area contributed by atoms with Gasteiger partial charge in [-0.05, 0) is 46.5 Å². The molecule has 0 aromatic heterocycles. The van der Waals surface area contributed by atoms with Crippen LogP contribution in [0.15, 0.2) is 0 Å². The van der Waals surface area contributed by atoms with Crippen LogP contribution in [0.3, 0.4) is 0 Å². The summed E-state index contributed by atoms with van der Waals surface area (Å²) in [6, 6.07) is 0.533. The summed E-state index contributed by atoms with van der Waals surface area (Å²) < 4.78 is 0. The molecule has 0 fully saturated rings. The maximum absolute atomic E-state index is 8.97. The van der Waals surface area contributed by atoms with Crippen LogP contribution in [-0.2, 0) is 0 Å². The highest BCUT2D eigenvalue weighted by Gasteiger charge is 2.24. The van der Waals surface area contributed by atoms with Gasteiger partial charge in [0.25, 0.3) is 0 Å². The molecule has 0 unspecified atom stereocenters. The van der Waals surface area contributed by atoms with E-state index in [1.807, 2.05) is 0 Å². The molecule has 0 radical (unpaired) electrons. The highest BCUT2D eigenvalue weighted by molar-refractivity contribution is 4.81. The lowest BCUT2D eigenvalue weighted by atomic mass is 9.90. The highest BCUT2D eigenvalue weighted by Crippen LogP contribution is 2.19. The molecular weight excluding hydrogens is 224 g/mol. The molecule has 2 N–H and O–H groups in total. The zero-order chi connectivity index (χ0) is 14.4. The van der Waals surface area contributed by atoms with Crippen molar-refractivity contribution in [3.8, 4) is 0 Å². The quantitative estimate of drug-likeness (QED) is 0.702. The lowest BCUT2D eigenvalue weighted by Crippen LogP contribution is -2.47. The predicted octanol–water partition coefficient (Wildman–Crippen LogP) is 2.49. The smallest absolute Gasteiger partial charge is 0.0443 e. The van der Waals surface area contributed by atoms with Gasteiger partial charge < -0.3 is 15.3 Å². The van der Waals surface area contributed by atoms with Gasteiger partial charge in [-0.3, -0.25) is 0 Å². The molecule has 3 heteroatoms. The van der Waals surface area contributed by atoms with Crippen LogP contribution in [0.2, 0.25) is 0 Å². The van der Waals surface area contributed by atoms with Gasteiger partial charge in [0.2, 0.25) is 0 Å². The second-order valence-corrected chi connectivity index (χ2v) is 7.41. The van der Waals surface area contributed by atoms with Crippen molar-refractivity contribution in [2.75, 3.05) is 26.2 Å². The Hall–Kier alpha value is -0.120. The van der Waals surface area contributed by atoms with Gasteiger partial charge in [-0.15, -0.1) is 0 Å². The summed E-state index contributed by atoms with van der Waals surface area (Å²) in [6.45, 7) is 19.0. The first-order valence-electron chi connectivity index (χ1n) is 7.17. The zero-order valence-corrected chi connectivity index (χ0v) is 13.5. The van der Waals surface area contributed by atoms with Gasteiger partial charge in [-0.1, -0.05) is 13.8 Å². The standard InChI is InChI=1S/C15H34N2O/c1-13(2)17(9-8-10-18)12-15(6,7)11-16-14(3,4)5/h13,16,18H,8-12H2,1-7H3. The maximum Gasteiger partial charge on any atom is 0.0443 e. The van der Waals surface area contributed by atoms with E-state index in [1.165, 1.54) is 0 Å². The minimum absolute atomic E-state index is 0.172. The SMILES string of the molecule is CC(C)N(CCCO)CC(C)(C)CNC(C)(C)C. The van der Waals surface area contributed by atoms with Crippen molar-refractivity contribution in [2.45, 2.75) is 66.5 Å². The summed E-state index contributed by atoms with van der Waals surface area (Å²) in [4.78, 5) is 2.46. The highest BCUT2D eigenvalue weighted by atomic mass is 16.3. The van der Waals surface area contributed by atoms with E-state index in [0.717, 1.165) is 26.1 Å². The van der Waals surface area contributed by atoms with E-state index in [4.69, 9.17) is 5.11 Å². The van der Waals surface area contributed by atoms with Gasteiger partial charge in [0.1, 0.15) is 0 Å². The van der Waals surface area contributed by atoms with Gasteiger partial charge in [-0.25, -0.2) is 0 Å². The fourth-order valence-corrected chi connectivity index (χ4v) is 1.90. The number of aliphatic hydroxyl groups is 1. The topological polar surface area (TPSA) is 35.5 Å². The molecule has 0 atom stereocenters. The van der Waals surface area contributed by atoms with Crippen LogP contribution in [0.4, 0.5) is 0 Å². The van der Waals surface area contributed by atoms with Gasteiger partial charge in [0.05, 0.1) is 0 Å². The first kappa shape index (κ1) is 17.9. The molecule has 0 aliphatic carbocycles. The minimum Gasteiger partial charge on any atom is -0.396 e. The molecule has 0 aromatic rings. The van der Waals surface area contributed by atoms with Crippen molar-refractivity contribution < 1.29 is 5.11 Å². The summed E-state index contributed by atoms with van der Waals surface area (Å²) in [7, 11) is 0. The molecule has 0 saturated carbocycles. The van der Waals surface area contributed by atoms with Gasteiger partial charge >= 0.3 is 0 Å². The van der Waals surface area contributed by atoms with Crippen LogP contribution in [0.5, 0.6) is 0 Å². The van der Waals surface area contributed by atoms with Crippen LogP contribution < -0.4 is 5.32 Å². The number of aliphatic hydroxyl groups excluding tert-OH is 1. The summed E-state index contributed by atoms with van der Waals surface area (Å²) in [5, 5.41) is 12.6. The molecule has 0 bridgehead atoms. The van der Waals surface area contributed by atoms with E-state index in [0.29, 0.717) is 6.04 Å². The molecule has 0 aromatic carbocycles.